The van der Waals surface area contributed by atoms with Crippen LogP contribution in [0.4, 0.5) is 0 Å². The van der Waals surface area contributed by atoms with E-state index < -0.39 is 33.1 Å². The Hall–Kier alpha value is -2.76. The zero-order chi connectivity index (χ0) is 21.9. The lowest BCUT2D eigenvalue weighted by molar-refractivity contribution is 0.0920. The van der Waals surface area contributed by atoms with Crippen LogP contribution in [-0.2, 0) is 9.84 Å². The van der Waals surface area contributed by atoms with Gasteiger partial charge in [-0.25, -0.2) is 8.42 Å². The van der Waals surface area contributed by atoms with Crippen molar-refractivity contribution in [3.63, 3.8) is 0 Å². The first kappa shape index (κ1) is 21.9. The van der Waals surface area contributed by atoms with Crippen LogP contribution in [0.25, 0.3) is 0 Å². The van der Waals surface area contributed by atoms with Gasteiger partial charge in [-0.2, -0.15) is 0 Å². The van der Waals surface area contributed by atoms with Gasteiger partial charge in [0.25, 0.3) is 0 Å². The fourth-order valence-corrected chi connectivity index (χ4v) is 4.82. The summed E-state index contributed by atoms with van der Waals surface area (Å²) in [6.45, 7) is 3.72. The lowest BCUT2D eigenvalue weighted by Gasteiger charge is -2.17. The molecule has 4 nitrogen and oxygen atoms in total. The lowest BCUT2D eigenvalue weighted by atomic mass is 10.0. The van der Waals surface area contributed by atoms with Crippen molar-refractivity contribution in [2.45, 2.75) is 30.4 Å². The van der Waals surface area contributed by atoms with Crippen molar-refractivity contribution in [3.8, 4) is 0 Å². The van der Waals surface area contributed by atoms with Gasteiger partial charge < -0.3 is 0 Å². The average molecular weight is 441 g/mol. The molecule has 0 N–H and O–H groups in total. The van der Waals surface area contributed by atoms with Crippen LogP contribution in [0.2, 0.25) is 5.02 Å². The first-order valence-electron chi connectivity index (χ1n) is 9.38. The van der Waals surface area contributed by atoms with Gasteiger partial charge >= 0.3 is 0 Å². The van der Waals surface area contributed by atoms with Crippen LogP contribution < -0.4 is 0 Å². The molecule has 154 valence electrons. The summed E-state index contributed by atoms with van der Waals surface area (Å²) in [5, 5.41) is -1.06. The predicted octanol–water partition coefficient (Wildman–Crippen LogP) is 5.26. The van der Waals surface area contributed by atoms with Crippen LogP contribution in [-0.4, -0.2) is 25.2 Å². The summed E-state index contributed by atoms with van der Waals surface area (Å²) < 4.78 is 26.7. The molecule has 0 saturated heterocycles. The average Bonchev–Trinajstić information content (AvgIpc) is 2.72. The molecule has 3 aromatic carbocycles. The predicted molar refractivity (Wildman–Crippen MR) is 118 cm³/mol. The molecule has 0 bridgehead atoms. The Morgan fingerprint density at radius 2 is 1.23 bits per heavy atom. The molecule has 0 amide bonds. The van der Waals surface area contributed by atoms with E-state index in [9.17, 15) is 18.0 Å². The van der Waals surface area contributed by atoms with E-state index in [4.69, 9.17) is 11.6 Å². The fraction of sp³-hybridized carbons (Fsp3) is 0.167. The first-order chi connectivity index (χ1) is 14.2. The summed E-state index contributed by atoms with van der Waals surface area (Å²) in [5.41, 5.74) is 2.40. The van der Waals surface area contributed by atoms with Crippen LogP contribution in [0.1, 0.15) is 38.3 Å². The third-order valence-corrected chi connectivity index (χ3v) is 7.20. The molecule has 1 atom stereocenters. The van der Waals surface area contributed by atoms with E-state index in [2.05, 4.69) is 0 Å². The van der Waals surface area contributed by atoms with Crippen molar-refractivity contribution >= 4 is 33.0 Å². The van der Waals surface area contributed by atoms with E-state index in [1.165, 1.54) is 24.3 Å². The van der Waals surface area contributed by atoms with Crippen LogP contribution in [0, 0.1) is 13.8 Å². The van der Waals surface area contributed by atoms with Crippen LogP contribution >= 0.6 is 11.6 Å². The molecule has 0 aromatic heterocycles. The first-order valence-corrected chi connectivity index (χ1v) is 11.3. The van der Waals surface area contributed by atoms with E-state index in [1.807, 2.05) is 13.8 Å². The molecule has 0 spiro atoms. The van der Waals surface area contributed by atoms with Crippen molar-refractivity contribution in [2.24, 2.45) is 0 Å². The monoisotopic (exact) mass is 440 g/mol. The second-order valence-corrected chi connectivity index (χ2v) is 9.78. The summed E-state index contributed by atoms with van der Waals surface area (Å²) in [6.07, 6.45) is -0.454. The van der Waals surface area contributed by atoms with Gasteiger partial charge in [-0.15, -0.1) is 0 Å². The summed E-state index contributed by atoms with van der Waals surface area (Å²) in [6, 6.07) is 19.1. The van der Waals surface area contributed by atoms with Gasteiger partial charge in [0.15, 0.2) is 21.4 Å². The highest BCUT2D eigenvalue weighted by molar-refractivity contribution is 7.92. The lowest BCUT2D eigenvalue weighted by Crippen LogP contribution is -2.33. The van der Waals surface area contributed by atoms with Gasteiger partial charge in [-0.3, -0.25) is 9.59 Å². The largest absolute Gasteiger partial charge is 0.294 e. The highest BCUT2D eigenvalue weighted by atomic mass is 35.5. The fourth-order valence-electron chi connectivity index (χ4n) is 3.06. The number of halogens is 1. The van der Waals surface area contributed by atoms with Crippen LogP contribution in [0.5, 0.6) is 0 Å². The van der Waals surface area contributed by atoms with E-state index in [0.29, 0.717) is 10.6 Å². The van der Waals surface area contributed by atoms with Gasteiger partial charge in [0.1, 0.15) is 5.25 Å². The molecule has 0 fully saturated rings. The molecule has 3 rings (SSSR count). The molecule has 0 saturated carbocycles. The smallest absolute Gasteiger partial charge is 0.189 e. The number of hydrogen-bond acceptors (Lipinski definition) is 4. The molecule has 0 aliphatic heterocycles. The van der Waals surface area contributed by atoms with Gasteiger partial charge in [-0.1, -0.05) is 59.1 Å². The number of Topliss-reactive ketones (excluding diaryl/α,β-unsaturated/α-hetero) is 2. The van der Waals surface area contributed by atoms with Crippen molar-refractivity contribution in [1.29, 1.82) is 0 Å². The Balaban J connectivity index is 2.02. The Kier molecular flexibility index (Phi) is 6.54. The van der Waals surface area contributed by atoms with Gasteiger partial charge in [-0.05, 0) is 50.2 Å². The normalized spacial score (nSPS) is 12.4. The molecule has 6 heteroatoms. The summed E-state index contributed by atoms with van der Waals surface area (Å²) >= 11 is 5.87. The highest BCUT2D eigenvalue weighted by Crippen LogP contribution is 2.25. The minimum Gasteiger partial charge on any atom is -0.294 e. The molecule has 0 aliphatic rings. The number of hydrogen-bond donors (Lipinski definition) is 0. The van der Waals surface area contributed by atoms with Crippen molar-refractivity contribution < 1.29 is 18.0 Å². The number of carbonyl (C=O) groups is 2. The van der Waals surface area contributed by atoms with Gasteiger partial charge in [0, 0.05) is 22.6 Å². The second kappa shape index (κ2) is 8.94. The molecule has 0 unspecified atom stereocenters. The molecule has 3 aromatic rings. The van der Waals surface area contributed by atoms with E-state index in [1.54, 1.807) is 48.5 Å². The quantitative estimate of drug-likeness (QED) is 0.470. The molecule has 30 heavy (non-hydrogen) atoms. The van der Waals surface area contributed by atoms with Crippen molar-refractivity contribution in [1.82, 2.24) is 0 Å². The Labute approximate surface area is 181 Å². The number of carbonyl (C=O) groups excluding carboxylic acids is 2. The Morgan fingerprint density at radius 3 is 1.77 bits per heavy atom. The van der Waals surface area contributed by atoms with Crippen molar-refractivity contribution in [2.75, 3.05) is 0 Å². The minimum atomic E-state index is -4.08. The van der Waals surface area contributed by atoms with E-state index in [-0.39, 0.29) is 10.5 Å². The molecular weight excluding hydrogens is 420 g/mol. The van der Waals surface area contributed by atoms with Crippen LogP contribution in [0.3, 0.4) is 0 Å². The number of rotatable bonds is 7. The van der Waals surface area contributed by atoms with Gasteiger partial charge in [0.2, 0.25) is 0 Å². The Bertz CT molecular complexity index is 1160. The van der Waals surface area contributed by atoms with E-state index in [0.717, 1.165) is 11.1 Å². The second-order valence-electron chi connectivity index (χ2n) is 7.21. The standard InChI is InChI=1S/C24H21ClO4S/c1-16-3-7-19(8-4-16)24(27)23(15-22(26)18-9-11-20(25)12-10-18)30(28,29)21-13-5-17(2)6-14-21/h3-14,23H,15H2,1-2H3/t23-/m0/s1. The number of ketones is 2. The zero-order valence-electron chi connectivity index (χ0n) is 16.6. The van der Waals surface area contributed by atoms with Crippen LogP contribution in [0.15, 0.2) is 77.7 Å². The molecule has 0 aliphatic carbocycles. The number of benzene rings is 3. The topological polar surface area (TPSA) is 68.3 Å². The van der Waals surface area contributed by atoms with E-state index >= 15 is 0 Å². The summed E-state index contributed by atoms with van der Waals surface area (Å²) in [4.78, 5) is 26.1. The van der Waals surface area contributed by atoms with Gasteiger partial charge in [0.05, 0.1) is 4.90 Å². The molecule has 0 radical (unpaired) electrons. The summed E-state index contributed by atoms with van der Waals surface area (Å²) in [5.74, 6) is -1.04. The maximum Gasteiger partial charge on any atom is 0.189 e. The molecule has 0 heterocycles. The minimum absolute atomic E-state index is 0.0162. The zero-order valence-corrected chi connectivity index (χ0v) is 18.2. The summed E-state index contributed by atoms with van der Waals surface area (Å²) in [7, 11) is -4.08. The molecular formula is C24H21ClO4S. The third kappa shape index (κ3) is 4.86. The number of aryl methyl sites for hydroxylation is 2. The SMILES string of the molecule is Cc1ccc(C(=O)[C@H](CC(=O)c2ccc(Cl)cc2)S(=O)(=O)c2ccc(C)cc2)cc1. The maximum atomic E-state index is 13.4. The Morgan fingerprint density at radius 1 is 0.767 bits per heavy atom. The third-order valence-electron chi connectivity index (χ3n) is 4.89. The maximum absolute atomic E-state index is 13.4. The highest BCUT2D eigenvalue weighted by Gasteiger charge is 2.36. The van der Waals surface area contributed by atoms with Crippen molar-refractivity contribution in [3.05, 3.63) is 100 Å². The number of sulfone groups is 1.